The standard InChI is InChI=1S/C23H32FN9O2/c24-9-18(10-25)15-35-21-13-28-23(29-14-21)33-5-1-30(2-6-33)19-11-26-22(27-12-19)32-7-3-31(4-8-32)20-16-34-17-20/h9,11-14,20H,1-8,10,15-17,25H2/b18-9+. The highest BCUT2D eigenvalue weighted by Gasteiger charge is 2.29. The maximum Gasteiger partial charge on any atom is 0.225 e. The van der Waals surface area contributed by atoms with Gasteiger partial charge in [-0.05, 0) is 0 Å². The van der Waals surface area contributed by atoms with E-state index < -0.39 is 0 Å². The van der Waals surface area contributed by atoms with E-state index >= 15 is 0 Å². The van der Waals surface area contributed by atoms with Crippen LogP contribution in [0.25, 0.3) is 0 Å². The highest BCUT2D eigenvalue weighted by Crippen LogP contribution is 2.21. The fraction of sp³-hybridized carbons (Fsp3) is 0.565. The fourth-order valence-corrected chi connectivity index (χ4v) is 4.39. The average Bonchev–Trinajstić information content (AvgIpc) is 2.89. The molecule has 3 aliphatic rings. The summed E-state index contributed by atoms with van der Waals surface area (Å²) in [5, 5.41) is 0. The van der Waals surface area contributed by atoms with E-state index in [1.807, 2.05) is 12.4 Å². The third kappa shape index (κ3) is 5.60. The van der Waals surface area contributed by atoms with E-state index in [1.165, 1.54) is 0 Å². The number of ether oxygens (including phenoxy) is 2. The van der Waals surface area contributed by atoms with Crippen LogP contribution in [0, 0.1) is 0 Å². The SMILES string of the molecule is NC/C(=C\F)COc1cnc(N2CCN(c3cnc(N4CCN(C5COC5)CC4)nc3)CC2)nc1. The van der Waals surface area contributed by atoms with Gasteiger partial charge < -0.3 is 29.9 Å². The lowest BCUT2D eigenvalue weighted by Crippen LogP contribution is -2.56. The predicted molar refractivity (Wildman–Crippen MR) is 131 cm³/mol. The second-order valence-corrected chi connectivity index (χ2v) is 8.91. The van der Waals surface area contributed by atoms with E-state index in [-0.39, 0.29) is 13.2 Å². The minimum Gasteiger partial charge on any atom is -0.486 e. The van der Waals surface area contributed by atoms with E-state index in [9.17, 15) is 4.39 Å². The van der Waals surface area contributed by atoms with Gasteiger partial charge in [-0.25, -0.2) is 24.3 Å². The molecule has 0 atom stereocenters. The van der Waals surface area contributed by atoms with Crippen molar-refractivity contribution < 1.29 is 13.9 Å². The Morgan fingerprint density at radius 2 is 1.43 bits per heavy atom. The minimum atomic E-state index is 0.0847. The Morgan fingerprint density at radius 3 is 1.94 bits per heavy atom. The minimum absolute atomic E-state index is 0.0847. The van der Waals surface area contributed by atoms with Gasteiger partial charge in [0.05, 0.1) is 56.1 Å². The smallest absolute Gasteiger partial charge is 0.225 e. The number of aromatic nitrogens is 4. The number of nitrogens with zero attached hydrogens (tertiary/aromatic N) is 8. The van der Waals surface area contributed by atoms with E-state index in [0.29, 0.717) is 29.6 Å². The quantitative estimate of drug-likeness (QED) is 0.558. The topological polar surface area (TPSA) is 109 Å². The first-order valence-electron chi connectivity index (χ1n) is 12.0. The van der Waals surface area contributed by atoms with E-state index in [4.69, 9.17) is 15.2 Å². The van der Waals surface area contributed by atoms with Crippen molar-refractivity contribution >= 4 is 17.6 Å². The van der Waals surface area contributed by atoms with Gasteiger partial charge in [-0.3, -0.25) is 4.90 Å². The van der Waals surface area contributed by atoms with Crippen molar-refractivity contribution in [3.05, 3.63) is 36.7 Å². The van der Waals surface area contributed by atoms with Crippen LogP contribution in [0.2, 0.25) is 0 Å². The number of halogens is 1. The van der Waals surface area contributed by atoms with Crippen LogP contribution in [0.3, 0.4) is 0 Å². The van der Waals surface area contributed by atoms with Crippen LogP contribution in [0.15, 0.2) is 36.7 Å². The number of anilines is 3. The molecule has 2 N–H and O–H groups in total. The van der Waals surface area contributed by atoms with Crippen molar-refractivity contribution in [2.45, 2.75) is 6.04 Å². The summed E-state index contributed by atoms with van der Waals surface area (Å²) in [5.41, 5.74) is 6.85. The van der Waals surface area contributed by atoms with Gasteiger partial charge >= 0.3 is 0 Å². The zero-order valence-electron chi connectivity index (χ0n) is 19.8. The van der Waals surface area contributed by atoms with Crippen LogP contribution in [0.4, 0.5) is 22.0 Å². The Morgan fingerprint density at radius 1 is 0.886 bits per heavy atom. The normalized spacial score (nSPS) is 20.2. The molecule has 2 aromatic heterocycles. The Balaban J connectivity index is 1.09. The first kappa shape index (κ1) is 23.6. The molecule has 0 bridgehead atoms. The van der Waals surface area contributed by atoms with Gasteiger partial charge in [-0.2, -0.15) is 0 Å². The van der Waals surface area contributed by atoms with Crippen molar-refractivity contribution in [3.63, 3.8) is 0 Å². The van der Waals surface area contributed by atoms with Crippen LogP contribution in [-0.4, -0.2) is 110 Å². The molecular weight excluding hydrogens is 453 g/mol. The molecule has 2 aromatic rings. The Kier molecular flexibility index (Phi) is 7.50. The Labute approximate surface area is 204 Å². The number of rotatable bonds is 8. The van der Waals surface area contributed by atoms with E-state index in [2.05, 4.69) is 39.5 Å². The highest BCUT2D eigenvalue weighted by atomic mass is 19.1. The molecule has 3 fully saturated rings. The molecule has 5 rings (SSSR count). The van der Waals surface area contributed by atoms with Crippen molar-refractivity contribution in [2.24, 2.45) is 5.73 Å². The number of hydrogen-bond donors (Lipinski definition) is 1. The second-order valence-electron chi connectivity index (χ2n) is 8.91. The molecule has 12 heteroatoms. The zero-order valence-corrected chi connectivity index (χ0v) is 19.8. The van der Waals surface area contributed by atoms with Gasteiger partial charge in [-0.1, -0.05) is 0 Å². The monoisotopic (exact) mass is 485 g/mol. The molecule has 188 valence electrons. The van der Waals surface area contributed by atoms with Gasteiger partial charge in [0.1, 0.15) is 6.61 Å². The molecule has 0 radical (unpaired) electrons. The molecular formula is C23H32FN9O2. The van der Waals surface area contributed by atoms with Crippen molar-refractivity contribution in [1.82, 2.24) is 24.8 Å². The molecule has 0 saturated carbocycles. The molecule has 0 aliphatic carbocycles. The average molecular weight is 486 g/mol. The first-order chi connectivity index (χ1) is 17.2. The van der Waals surface area contributed by atoms with Crippen LogP contribution in [0.1, 0.15) is 0 Å². The third-order valence-electron chi connectivity index (χ3n) is 6.74. The summed E-state index contributed by atoms with van der Waals surface area (Å²) in [7, 11) is 0. The van der Waals surface area contributed by atoms with Crippen molar-refractivity contribution in [3.8, 4) is 5.75 Å². The van der Waals surface area contributed by atoms with E-state index in [0.717, 1.165) is 77.2 Å². The van der Waals surface area contributed by atoms with Gasteiger partial charge in [0.2, 0.25) is 11.9 Å². The lowest BCUT2D eigenvalue weighted by atomic mass is 10.2. The molecule has 0 spiro atoms. The Hall–Kier alpha value is -3.09. The highest BCUT2D eigenvalue weighted by molar-refractivity contribution is 5.47. The number of nitrogens with two attached hydrogens (primary N) is 1. The molecule has 0 aromatic carbocycles. The lowest BCUT2D eigenvalue weighted by molar-refractivity contribution is -0.0661. The first-order valence-corrected chi connectivity index (χ1v) is 12.0. The summed E-state index contributed by atoms with van der Waals surface area (Å²) in [6.45, 7) is 9.09. The summed E-state index contributed by atoms with van der Waals surface area (Å²) in [5.74, 6) is 1.93. The summed E-state index contributed by atoms with van der Waals surface area (Å²) in [6.07, 6.45) is 7.53. The van der Waals surface area contributed by atoms with Gasteiger partial charge in [0, 0.05) is 64.5 Å². The van der Waals surface area contributed by atoms with Crippen LogP contribution in [0.5, 0.6) is 5.75 Å². The summed E-state index contributed by atoms with van der Waals surface area (Å²) in [4.78, 5) is 27.3. The largest absolute Gasteiger partial charge is 0.486 e. The summed E-state index contributed by atoms with van der Waals surface area (Å²) >= 11 is 0. The molecule has 3 aliphatic heterocycles. The summed E-state index contributed by atoms with van der Waals surface area (Å²) in [6, 6.07) is 0.588. The molecule has 5 heterocycles. The van der Waals surface area contributed by atoms with Gasteiger partial charge in [0.25, 0.3) is 0 Å². The Bertz CT molecular complexity index is 971. The summed E-state index contributed by atoms with van der Waals surface area (Å²) < 4.78 is 23.4. The number of hydrogen-bond acceptors (Lipinski definition) is 11. The third-order valence-corrected chi connectivity index (χ3v) is 6.74. The van der Waals surface area contributed by atoms with Crippen LogP contribution >= 0.6 is 0 Å². The van der Waals surface area contributed by atoms with Crippen LogP contribution in [-0.2, 0) is 4.74 Å². The predicted octanol–water partition coefficient (Wildman–Crippen LogP) is 0.305. The molecule has 35 heavy (non-hydrogen) atoms. The second kappa shape index (κ2) is 11.1. The zero-order chi connectivity index (χ0) is 24.0. The fourth-order valence-electron chi connectivity index (χ4n) is 4.39. The molecule has 0 unspecified atom stereocenters. The molecule has 3 saturated heterocycles. The van der Waals surface area contributed by atoms with Crippen molar-refractivity contribution in [1.29, 1.82) is 0 Å². The number of piperazine rings is 2. The van der Waals surface area contributed by atoms with Gasteiger partial charge in [0.15, 0.2) is 5.75 Å². The molecule has 11 nitrogen and oxygen atoms in total. The lowest BCUT2D eigenvalue weighted by Gasteiger charge is -2.42. The molecule has 0 amide bonds. The van der Waals surface area contributed by atoms with Crippen LogP contribution < -0.4 is 25.2 Å². The maximum atomic E-state index is 12.6. The van der Waals surface area contributed by atoms with Gasteiger partial charge in [-0.15, -0.1) is 0 Å². The van der Waals surface area contributed by atoms with Crippen molar-refractivity contribution in [2.75, 3.05) is 93.4 Å². The maximum absolute atomic E-state index is 12.6. The van der Waals surface area contributed by atoms with E-state index in [1.54, 1.807) is 12.4 Å².